The standard InChI is InChI=1S/C18H19ClN2O2/c1-3-21(13(2)22)12-14-6-4-9-17(10-14)20-18(23)15-7-5-8-16(19)11-15/h4-11H,3,12H2,1-2H3,(H,20,23). The lowest BCUT2D eigenvalue weighted by atomic mass is 10.1. The third-order valence-electron chi connectivity index (χ3n) is 3.47. The van der Waals surface area contributed by atoms with Gasteiger partial charge < -0.3 is 10.2 Å². The summed E-state index contributed by atoms with van der Waals surface area (Å²) in [5, 5.41) is 3.37. The minimum absolute atomic E-state index is 0.0286. The summed E-state index contributed by atoms with van der Waals surface area (Å²) in [5.41, 5.74) is 2.15. The van der Waals surface area contributed by atoms with Gasteiger partial charge in [0.25, 0.3) is 5.91 Å². The summed E-state index contributed by atoms with van der Waals surface area (Å²) in [5.74, 6) is -0.190. The van der Waals surface area contributed by atoms with Crippen LogP contribution in [0.2, 0.25) is 5.02 Å². The van der Waals surface area contributed by atoms with Gasteiger partial charge in [0, 0.05) is 36.3 Å². The molecule has 0 spiro atoms. The number of rotatable bonds is 5. The van der Waals surface area contributed by atoms with E-state index in [1.54, 1.807) is 36.1 Å². The second-order valence-electron chi connectivity index (χ2n) is 5.20. The van der Waals surface area contributed by atoms with Crippen molar-refractivity contribution < 1.29 is 9.59 Å². The first-order valence-corrected chi connectivity index (χ1v) is 7.78. The normalized spacial score (nSPS) is 10.2. The van der Waals surface area contributed by atoms with Gasteiger partial charge in [0.1, 0.15) is 0 Å². The third-order valence-corrected chi connectivity index (χ3v) is 3.71. The zero-order chi connectivity index (χ0) is 16.8. The summed E-state index contributed by atoms with van der Waals surface area (Å²) < 4.78 is 0. The summed E-state index contributed by atoms with van der Waals surface area (Å²) in [7, 11) is 0. The molecule has 0 bridgehead atoms. The van der Waals surface area contributed by atoms with Crippen molar-refractivity contribution in [3.63, 3.8) is 0 Å². The molecular formula is C18H19ClN2O2. The van der Waals surface area contributed by atoms with Crippen molar-refractivity contribution in [3.05, 3.63) is 64.7 Å². The lowest BCUT2D eigenvalue weighted by Crippen LogP contribution is -2.27. The topological polar surface area (TPSA) is 49.4 Å². The van der Waals surface area contributed by atoms with Crippen LogP contribution in [0, 0.1) is 0 Å². The van der Waals surface area contributed by atoms with Gasteiger partial charge in [0.05, 0.1) is 0 Å². The van der Waals surface area contributed by atoms with Crippen molar-refractivity contribution in [1.29, 1.82) is 0 Å². The first-order chi connectivity index (χ1) is 11.0. The van der Waals surface area contributed by atoms with Crippen LogP contribution in [0.4, 0.5) is 5.69 Å². The van der Waals surface area contributed by atoms with Crippen LogP contribution >= 0.6 is 11.6 Å². The monoisotopic (exact) mass is 330 g/mol. The molecule has 2 aromatic rings. The Morgan fingerprint density at radius 1 is 1.13 bits per heavy atom. The number of carbonyl (C=O) groups is 2. The van der Waals surface area contributed by atoms with Gasteiger partial charge in [-0.2, -0.15) is 0 Å². The molecule has 0 radical (unpaired) electrons. The van der Waals surface area contributed by atoms with E-state index in [1.807, 2.05) is 31.2 Å². The lowest BCUT2D eigenvalue weighted by Gasteiger charge is -2.19. The maximum atomic E-state index is 12.2. The fourth-order valence-corrected chi connectivity index (χ4v) is 2.44. The summed E-state index contributed by atoms with van der Waals surface area (Å²) in [6, 6.07) is 14.3. The summed E-state index contributed by atoms with van der Waals surface area (Å²) in [6.45, 7) is 4.65. The predicted octanol–water partition coefficient (Wildman–Crippen LogP) is 3.96. The van der Waals surface area contributed by atoms with Crippen LogP contribution < -0.4 is 5.32 Å². The largest absolute Gasteiger partial charge is 0.339 e. The number of benzene rings is 2. The van der Waals surface area contributed by atoms with Crippen LogP contribution in [0.1, 0.15) is 29.8 Å². The van der Waals surface area contributed by atoms with E-state index in [4.69, 9.17) is 11.6 Å². The summed E-state index contributed by atoms with van der Waals surface area (Å²) in [4.78, 5) is 25.5. The Balaban J connectivity index is 2.10. The van der Waals surface area contributed by atoms with Crippen molar-refractivity contribution in [1.82, 2.24) is 4.90 Å². The summed E-state index contributed by atoms with van der Waals surface area (Å²) in [6.07, 6.45) is 0. The molecular weight excluding hydrogens is 312 g/mol. The predicted molar refractivity (Wildman–Crippen MR) is 92.6 cm³/mol. The zero-order valence-electron chi connectivity index (χ0n) is 13.2. The van der Waals surface area contributed by atoms with Crippen LogP contribution in [0.15, 0.2) is 48.5 Å². The molecule has 0 saturated carbocycles. The van der Waals surface area contributed by atoms with Crippen molar-refractivity contribution in [2.75, 3.05) is 11.9 Å². The molecule has 0 fully saturated rings. The molecule has 4 nitrogen and oxygen atoms in total. The van der Waals surface area contributed by atoms with E-state index in [0.717, 1.165) is 5.56 Å². The molecule has 0 aliphatic carbocycles. The molecule has 2 amide bonds. The molecule has 2 aromatic carbocycles. The Labute approximate surface area is 141 Å². The highest BCUT2D eigenvalue weighted by atomic mass is 35.5. The molecule has 2 rings (SSSR count). The first kappa shape index (κ1) is 17.0. The molecule has 5 heteroatoms. The van der Waals surface area contributed by atoms with Crippen LogP contribution in [-0.2, 0) is 11.3 Å². The fourth-order valence-electron chi connectivity index (χ4n) is 2.25. The van der Waals surface area contributed by atoms with Gasteiger partial charge in [0.2, 0.25) is 5.91 Å². The lowest BCUT2D eigenvalue weighted by molar-refractivity contribution is -0.129. The Morgan fingerprint density at radius 3 is 2.52 bits per heavy atom. The number of hydrogen-bond donors (Lipinski definition) is 1. The molecule has 0 aromatic heterocycles. The molecule has 0 aliphatic rings. The van der Waals surface area contributed by atoms with Gasteiger partial charge >= 0.3 is 0 Å². The highest BCUT2D eigenvalue weighted by Crippen LogP contribution is 2.16. The average molecular weight is 331 g/mol. The van der Waals surface area contributed by atoms with Crippen LogP contribution in [0.25, 0.3) is 0 Å². The van der Waals surface area contributed by atoms with E-state index in [1.165, 1.54) is 0 Å². The van der Waals surface area contributed by atoms with Crippen LogP contribution in [0.3, 0.4) is 0 Å². The quantitative estimate of drug-likeness (QED) is 0.902. The van der Waals surface area contributed by atoms with Crippen molar-refractivity contribution >= 4 is 29.1 Å². The number of nitrogens with zero attached hydrogens (tertiary/aromatic N) is 1. The molecule has 0 aliphatic heterocycles. The van der Waals surface area contributed by atoms with E-state index in [0.29, 0.717) is 29.4 Å². The van der Waals surface area contributed by atoms with Crippen LogP contribution in [-0.4, -0.2) is 23.3 Å². The number of anilines is 1. The van der Waals surface area contributed by atoms with Crippen LogP contribution in [0.5, 0.6) is 0 Å². The Kier molecular flexibility index (Phi) is 5.77. The Hall–Kier alpha value is -2.33. The molecule has 120 valence electrons. The van der Waals surface area contributed by atoms with Gasteiger partial charge in [-0.15, -0.1) is 0 Å². The van der Waals surface area contributed by atoms with Gasteiger partial charge in [-0.25, -0.2) is 0 Å². The SMILES string of the molecule is CCN(Cc1cccc(NC(=O)c2cccc(Cl)c2)c1)C(C)=O. The first-order valence-electron chi connectivity index (χ1n) is 7.41. The minimum Gasteiger partial charge on any atom is -0.339 e. The number of carbonyl (C=O) groups excluding carboxylic acids is 2. The molecule has 23 heavy (non-hydrogen) atoms. The highest BCUT2D eigenvalue weighted by Gasteiger charge is 2.09. The number of nitrogens with one attached hydrogen (secondary N) is 1. The second-order valence-corrected chi connectivity index (χ2v) is 5.63. The van der Waals surface area contributed by atoms with Gasteiger partial charge in [0.15, 0.2) is 0 Å². The zero-order valence-corrected chi connectivity index (χ0v) is 13.9. The van der Waals surface area contributed by atoms with Crippen molar-refractivity contribution in [3.8, 4) is 0 Å². The average Bonchev–Trinajstić information content (AvgIpc) is 2.52. The molecule has 0 heterocycles. The molecule has 0 atom stereocenters. The molecule has 0 saturated heterocycles. The van der Waals surface area contributed by atoms with Gasteiger partial charge in [-0.05, 0) is 42.8 Å². The smallest absolute Gasteiger partial charge is 0.255 e. The van der Waals surface area contributed by atoms with Gasteiger partial charge in [-0.3, -0.25) is 9.59 Å². The van der Waals surface area contributed by atoms with E-state index in [2.05, 4.69) is 5.32 Å². The second kappa shape index (κ2) is 7.79. The Morgan fingerprint density at radius 2 is 1.87 bits per heavy atom. The summed E-state index contributed by atoms with van der Waals surface area (Å²) >= 11 is 5.90. The third kappa shape index (κ3) is 4.83. The number of halogens is 1. The van der Waals surface area contributed by atoms with Crippen molar-refractivity contribution in [2.45, 2.75) is 20.4 Å². The maximum Gasteiger partial charge on any atom is 0.255 e. The minimum atomic E-state index is -0.219. The number of amides is 2. The van der Waals surface area contributed by atoms with E-state index >= 15 is 0 Å². The van der Waals surface area contributed by atoms with E-state index in [9.17, 15) is 9.59 Å². The fraction of sp³-hybridized carbons (Fsp3) is 0.222. The highest BCUT2D eigenvalue weighted by molar-refractivity contribution is 6.31. The van der Waals surface area contributed by atoms with E-state index < -0.39 is 0 Å². The molecule has 0 unspecified atom stereocenters. The van der Waals surface area contributed by atoms with Crippen molar-refractivity contribution in [2.24, 2.45) is 0 Å². The van der Waals surface area contributed by atoms with E-state index in [-0.39, 0.29) is 11.8 Å². The molecule has 1 N–H and O–H groups in total. The Bertz CT molecular complexity index is 716. The van der Waals surface area contributed by atoms with Gasteiger partial charge in [-0.1, -0.05) is 29.8 Å². The number of hydrogen-bond acceptors (Lipinski definition) is 2. The maximum absolute atomic E-state index is 12.2.